The van der Waals surface area contributed by atoms with Crippen LogP contribution in [0.2, 0.25) is 10.0 Å². The Hall–Kier alpha value is -2.50. The zero-order valence-corrected chi connectivity index (χ0v) is 19.2. The van der Waals surface area contributed by atoms with Gasteiger partial charge in [-0.15, -0.1) is 0 Å². The molecular weight excluding hydrogens is 435 g/mol. The van der Waals surface area contributed by atoms with E-state index in [1.54, 1.807) is 42.5 Å². The summed E-state index contributed by atoms with van der Waals surface area (Å²) in [6.07, 6.45) is 1.08. The van der Waals surface area contributed by atoms with Crippen molar-refractivity contribution in [3.05, 3.63) is 63.8 Å². The van der Waals surface area contributed by atoms with E-state index in [0.29, 0.717) is 63.2 Å². The largest absolute Gasteiger partial charge is 0.495 e. The molecule has 2 aromatic carbocycles. The van der Waals surface area contributed by atoms with Crippen molar-refractivity contribution in [2.75, 3.05) is 25.1 Å². The summed E-state index contributed by atoms with van der Waals surface area (Å²) in [4.78, 5) is 30.7. The van der Waals surface area contributed by atoms with Crippen LogP contribution in [-0.4, -0.2) is 36.9 Å². The van der Waals surface area contributed by atoms with Gasteiger partial charge in [-0.3, -0.25) is 9.59 Å². The first-order chi connectivity index (χ1) is 14.8. The van der Waals surface area contributed by atoms with Crippen molar-refractivity contribution < 1.29 is 14.3 Å². The fraction of sp³-hybridized carbons (Fsp3) is 0.333. The van der Waals surface area contributed by atoms with Crippen molar-refractivity contribution in [2.24, 2.45) is 11.8 Å². The van der Waals surface area contributed by atoms with Gasteiger partial charge in [0.15, 0.2) is 0 Å². The lowest BCUT2D eigenvalue weighted by molar-refractivity contribution is -0.120. The van der Waals surface area contributed by atoms with E-state index in [0.717, 1.165) is 6.42 Å². The predicted octanol–water partition coefficient (Wildman–Crippen LogP) is 5.26. The van der Waals surface area contributed by atoms with Crippen LogP contribution in [0.5, 0.6) is 5.75 Å². The summed E-state index contributed by atoms with van der Waals surface area (Å²) in [5.74, 6) is 0.478. The van der Waals surface area contributed by atoms with E-state index in [-0.39, 0.29) is 5.91 Å². The first-order valence-corrected chi connectivity index (χ1v) is 11.0. The lowest BCUT2D eigenvalue weighted by Gasteiger charge is -2.37. The Labute approximate surface area is 192 Å². The molecule has 162 valence electrons. The molecule has 2 aliphatic rings. The maximum Gasteiger partial charge on any atom is 0.282 e. The fourth-order valence-electron chi connectivity index (χ4n) is 4.63. The van der Waals surface area contributed by atoms with Crippen LogP contribution >= 0.6 is 23.2 Å². The highest BCUT2D eigenvalue weighted by Gasteiger charge is 2.45. The molecule has 1 saturated heterocycles. The Morgan fingerprint density at radius 2 is 1.65 bits per heavy atom. The Morgan fingerprint density at radius 3 is 2.29 bits per heavy atom. The van der Waals surface area contributed by atoms with E-state index >= 15 is 0 Å². The maximum atomic E-state index is 13.7. The van der Waals surface area contributed by atoms with E-state index in [1.807, 2.05) is 4.90 Å². The molecule has 2 aliphatic heterocycles. The number of halogens is 2. The second-order valence-electron chi connectivity index (χ2n) is 8.32. The molecule has 5 nitrogen and oxygen atoms in total. The van der Waals surface area contributed by atoms with Gasteiger partial charge >= 0.3 is 0 Å². The van der Waals surface area contributed by atoms with Gasteiger partial charge in [-0.1, -0.05) is 55.2 Å². The molecule has 0 saturated carbocycles. The molecule has 0 aliphatic carbocycles. The molecule has 4 rings (SSSR count). The molecule has 7 heteroatoms. The van der Waals surface area contributed by atoms with E-state index in [9.17, 15) is 9.59 Å². The Balaban J connectivity index is 1.89. The number of methoxy groups -OCH3 is 1. The van der Waals surface area contributed by atoms with Gasteiger partial charge in [-0.2, -0.15) is 0 Å². The van der Waals surface area contributed by atoms with E-state index < -0.39 is 5.91 Å². The Morgan fingerprint density at radius 1 is 0.968 bits per heavy atom. The number of amides is 2. The number of carbonyl (C=O) groups is 2. The van der Waals surface area contributed by atoms with Gasteiger partial charge in [0.1, 0.15) is 11.4 Å². The van der Waals surface area contributed by atoms with E-state index in [4.69, 9.17) is 27.9 Å². The molecule has 0 radical (unpaired) electrons. The quantitative estimate of drug-likeness (QED) is 0.585. The van der Waals surface area contributed by atoms with Gasteiger partial charge in [0.2, 0.25) is 0 Å². The Bertz CT molecular complexity index is 1070. The van der Waals surface area contributed by atoms with Gasteiger partial charge < -0.3 is 9.64 Å². The van der Waals surface area contributed by atoms with Crippen molar-refractivity contribution in [3.63, 3.8) is 0 Å². The lowest BCUT2D eigenvalue weighted by Crippen LogP contribution is -2.42. The lowest BCUT2D eigenvalue weighted by atomic mass is 9.91. The fourth-order valence-corrected chi connectivity index (χ4v) is 5.13. The number of hydrogen-bond donors (Lipinski definition) is 0. The number of benzene rings is 2. The third-order valence-corrected chi connectivity index (χ3v) is 6.32. The highest BCUT2D eigenvalue weighted by molar-refractivity contribution is 6.47. The molecule has 0 N–H and O–H groups in total. The average Bonchev–Trinajstić information content (AvgIpc) is 2.97. The van der Waals surface area contributed by atoms with Gasteiger partial charge in [0, 0.05) is 23.7 Å². The molecule has 0 bridgehead atoms. The van der Waals surface area contributed by atoms with E-state index in [2.05, 4.69) is 13.8 Å². The van der Waals surface area contributed by atoms with Crippen molar-refractivity contribution in [1.29, 1.82) is 0 Å². The summed E-state index contributed by atoms with van der Waals surface area (Å²) >= 11 is 12.6. The van der Waals surface area contributed by atoms with Crippen LogP contribution < -0.4 is 9.64 Å². The number of imide groups is 1. The van der Waals surface area contributed by atoms with Crippen LogP contribution in [-0.2, 0) is 9.59 Å². The molecular formula is C24H24Cl2N2O3. The van der Waals surface area contributed by atoms with Crippen LogP contribution in [0.1, 0.15) is 25.8 Å². The maximum absolute atomic E-state index is 13.7. The monoisotopic (exact) mass is 458 g/mol. The molecule has 0 aromatic heterocycles. The number of ether oxygens (including phenoxy) is 1. The van der Waals surface area contributed by atoms with Crippen molar-refractivity contribution in [1.82, 2.24) is 4.90 Å². The number of piperidine rings is 1. The third kappa shape index (κ3) is 3.92. The number of likely N-dealkylation sites (tertiary alicyclic amines) is 1. The Kier molecular flexibility index (Phi) is 6.00. The van der Waals surface area contributed by atoms with Crippen LogP contribution in [0, 0.1) is 11.8 Å². The number of hydrogen-bond acceptors (Lipinski definition) is 4. The minimum Gasteiger partial charge on any atom is -0.495 e. The van der Waals surface area contributed by atoms with Crippen LogP contribution in [0.25, 0.3) is 5.57 Å². The van der Waals surface area contributed by atoms with Gasteiger partial charge in [-0.05, 0) is 42.5 Å². The number of anilines is 1. The SMILES string of the molecule is COc1ccccc1N1C(=O)C(c2ccc(Cl)cc2Cl)=C(N2CC(C)CC(C)C2)C1=O. The van der Waals surface area contributed by atoms with E-state index in [1.165, 1.54) is 12.0 Å². The first-order valence-electron chi connectivity index (χ1n) is 10.3. The smallest absolute Gasteiger partial charge is 0.282 e. The molecule has 2 aromatic rings. The zero-order chi connectivity index (χ0) is 22.3. The summed E-state index contributed by atoms with van der Waals surface area (Å²) in [7, 11) is 1.52. The first kappa shape index (κ1) is 21.7. The van der Waals surface area contributed by atoms with Crippen LogP contribution in [0.4, 0.5) is 5.69 Å². The average molecular weight is 459 g/mol. The zero-order valence-electron chi connectivity index (χ0n) is 17.7. The number of nitrogens with zero attached hydrogens (tertiary/aromatic N) is 2. The van der Waals surface area contributed by atoms with Gasteiger partial charge in [0.05, 0.1) is 23.4 Å². The molecule has 2 amide bonds. The van der Waals surface area contributed by atoms with Crippen molar-refractivity contribution in [3.8, 4) is 5.75 Å². The molecule has 2 atom stereocenters. The van der Waals surface area contributed by atoms with Crippen molar-refractivity contribution in [2.45, 2.75) is 20.3 Å². The topological polar surface area (TPSA) is 49.9 Å². The second kappa shape index (κ2) is 8.56. The molecule has 0 spiro atoms. The summed E-state index contributed by atoms with van der Waals surface area (Å²) in [6.45, 7) is 5.73. The number of para-hydroxylation sites is 2. The van der Waals surface area contributed by atoms with Crippen LogP contribution in [0.15, 0.2) is 48.2 Å². The van der Waals surface area contributed by atoms with Gasteiger partial charge in [-0.25, -0.2) is 4.90 Å². The van der Waals surface area contributed by atoms with Gasteiger partial charge in [0.25, 0.3) is 11.8 Å². The highest BCUT2D eigenvalue weighted by atomic mass is 35.5. The normalized spacial score (nSPS) is 21.8. The van der Waals surface area contributed by atoms with Crippen molar-refractivity contribution >= 4 is 46.3 Å². The minimum atomic E-state index is -0.417. The minimum absolute atomic E-state index is 0.305. The third-order valence-electron chi connectivity index (χ3n) is 5.77. The van der Waals surface area contributed by atoms with Crippen LogP contribution in [0.3, 0.4) is 0 Å². The second-order valence-corrected chi connectivity index (χ2v) is 9.16. The number of carbonyl (C=O) groups excluding carboxylic acids is 2. The summed E-state index contributed by atoms with van der Waals surface area (Å²) < 4.78 is 5.43. The standard InChI is InChI=1S/C24H24Cl2N2O3/c1-14-10-15(2)13-27(12-14)22-21(17-9-8-16(25)11-18(17)26)23(29)28(24(22)30)19-6-4-5-7-20(19)31-3/h4-9,11,14-15H,10,12-13H2,1-3H3. The predicted molar refractivity (Wildman–Crippen MR) is 123 cm³/mol. The summed E-state index contributed by atoms with van der Waals surface area (Å²) in [5.41, 5.74) is 1.61. The summed E-state index contributed by atoms with van der Waals surface area (Å²) in [6, 6.07) is 12.0. The molecule has 2 heterocycles. The highest BCUT2D eigenvalue weighted by Crippen LogP contribution is 2.41. The molecule has 1 fully saturated rings. The molecule has 31 heavy (non-hydrogen) atoms. The number of rotatable bonds is 4. The summed E-state index contributed by atoms with van der Waals surface area (Å²) in [5, 5.41) is 0.801. The molecule has 2 unspecified atom stereocenters.